The Morgan fingerprint density at radius 3 is 2.58 bits per heavy atom. The number of aryl methyl sites for hydroxylation is 1. The Kier molecular flexibility index (Phi) is 4.93. The van der Waals surface area contributed by atoms with Crippen LogP contribution >= 0.6 is 0 Å². The van der Waals surface area contributed by atoms with Gasteiger partial charge in [-0.1, -0.05) is 12.1 Å². The molecule has 0 radical (unpaired) electrons. The van der Waals surface area contributed by atoms with Gasteiger partial charge in [-0.05, 0) is 24.6 Å². The highest BCUT2D eigenvalue weighted by Crippen LogP contribution is 2.21. The van der Waals surface area contributed by atoms with Crippen LogP contribution in [0.5, 0.6) is 0 Å². The Morgan fingerprint density at radius 2 is 1.96 bits per heavy atom. The first-order valence-electron chi connectivity index (χ1n) is 7.83. The molecule has 1 fully saturated rings. The second-order valence-corrected chi connectivity index (χ2v) is 8.11. The third kappa shape index (κ3) is 4.17. The lowest BCUT2D eigenvalue weighted by Crippen LogP contribution is -2.38. The van der Waals surface area contributed by atoms with Crippen LogP contribution in [0.1, 0.15) is 23.1 Å². The first kappa shape index (κ1) is 17.0. The van der Waals surface area contributed by atoms with Gasteiger partial charge in [-0.2, -0.15) is 0 Å². The summed E-state index contributed by atoms with van der Waals surface area (Å²) in [4.78, 5) is 11.3. The molecule has 7 heteroatoms. The van der Waals surface area contributed by atoms with Gasteiger partial charge in [0.2, 0.25) is 0 Å². The molecule has 1 aliphatic rings. The third-order valence-electron chi connectivity index (χ3n) is 4.04. The Morgan fingerprint density at radius 1 is 1.21 bits per heavy atom. The van der Waals surface area contributed by atoms with E-state index in [1.165, 1.54) is 6.26 Å². The highest BCUT2D eigenvalue weighted by Gasteiger charge is 2.23. The topological polar surface area (TPSA) is 72.4 Å². The summed E-state index contributed by atoms with van der Waals surface area (Å²) >= 11 is 0. The first-order valence-corrected chi connectivity index (χ1v) is 9.72. The van der Waals surface area contributed by atoms with Gasteiger partial charge in [-0.15, -0.1) is 0 Å². The minimum absolute atomic E-state index is 0.0813. The quantitative estimate of drug-likeness (QED) is 0.839. The van der Waals surface area contributed by atoms with Crippen molar-refractivity contribution in [3.05, 3.63) is 53.6 Å². The molecule has 0 bridgehead atoms. The summed E-state index contributed by atoms with van der Waals surface area (Å²) in [7, 11) is -3.15. The van der Waals surface area contributed by atoms with Gasteiger partial charge in [0.25, 0.3) is 0 Å². The Balaban J connectivity index is 1.66. The van der Waals surface area contributed by atoms with E-state index in [-0.39, 0.29) is 6.10 Å². The van der Waals surface area contributed by atoms with Gasteiger partial charge in [0.05, 0.1) is 29.1 Å². The molecule has 1 atom stereocenters. The monoisotopic (exact) mass is 347 g/mol. The van der Waals surface area contributed by atoms with E-state index in [4.69, 9.17) is 4.74 Å². The molecule has 1 aromatic heterocycles. The van der Waals surface area contributed by atoms with Gasteiger partial charge in [-0.25, -0.2) is 8.42 Å². The molecule has 0 unspecified atom stereocenters. The maximum Gasteiger partial charge on any atom is 0.175 e. The molecule has 2 heterocycles. The van der Waals surface area contributed by atoms with Gasteiger partial charge >= 0.3 is 0 Å². The van der Waals surface area contributed by atoms with Gasteiger partial charge in [0.15, 0.2) is 9.84 Å². The van der Waals surface area contributed by atoms with Crippen molar-refractivity contribution in [3.63, 3.8) is 0 Å². The first-order chi connectivity index (χ1) is 11.4. The SMILES string of the molecule is Cc1cnc([C@@H]2CN(Cc3ccc(S(C)(=O)=O)cc3)CCO2)cn1. The van der Waals surface area contributed by atoms with Crippen molar-refractivity contribution in [3.8, 4) is 0 Å². The van der Waals surface area contributed by atoms with Crippen LogP contribution in [0.4, 0.5) is 0 Å². The molecular weight excluding hydrogens is 326 g/mol. The molecule has 128 valence electrons. The van der Waals surface area contributed by atoms with E-state index in [2.05, 4.69) is 14.9 Å². The third-order valence-corrected chi connectivity index (χ3v) is 5.17. The molecule has 1 saturated heterocycles. The van der Waals surface area contributed by atoms with Crippen molar-refractivity contribution >= 4 is 9.84 Å². The van der Waals surface area contributed by atoms with E-state index in [1.807, 2.05) is 19.1 Å². The number of ether oxygens (including phenoxy) is 1. The van der Waals surface area contributed by atoms with E-state index in [9.17, 15) is 8.42 Å². The molecule has 0 aliphatic carbocycles. The number of sulfone groups is 1. The lowest BCUT2D eigenvalue weighted by Gasteiger charge is -2.32. The van der Waals surface area contributed by atoms with Gasteiger partial charge in [-0.3, -0.25) is 14.9 Å². The predicted octanol–water partition coefficient (Wildman–Crippen LogP) is 1.76. The van der Waals surface area contributed by atoms with Crippen LogP contribution in [0.15, 0.2) is 41.6 Å². The van der Waals surface area contributed by atoms with Gasteiger partial charge < -0.3 is 4.74 Å². The summed E-state index contributed by atoms with van der Waals surface area (Å²) in [5, 5.41) is 0. The molecule has 0 saturated carbocycles. The molecular formula is C17H21N3O3S. The molecule has 0 amide bonds. The standard InChI is InChI=1S/C17H21N3O3S/c1-13-9-19-16(10-18-13)17-12-20(7-8-23-17)11-14-3-5-15(6-4-14)24(2,21)22/h3-6,9-10,17H,7-8,11-12H2,1-2H3/t17-/m0/s1. The summed E-state index contributed by atoms with van der Waals surface area (Å²) in [6.07, 6.45) is 4.66. The van der Waals surface area contributed by atoms with Crippen LogP contribution in [-0.2, 0) is 21.1 Å². The fraction of sp³-hybridized carbons (Fsp3) is 0.412. The van der Waals surface area contributed by atoms with E-state index < -0.39 is 9.84 Å². The van der Waals surface area contributed by atoms with Crippen LogP contribution < -0.4 is 0 Å². The number of hydrogen-bond acceptors (Lipinski definition) is 6. The van der Waals surface area contributed by atoms with Crippen molar-refractivity contribution in [2.75, 3.05) is 26.0 Å². The fourth-order valence-corrected chi connectivity index (χ4v) is 3.32. The maximum absolute atomic E-state index is 11.5. The number of nitrogens with zero attached hydrogens (tertiary/aromatic N) is 3. The van der Waals surface area contributed by atoms with Crippen LogP contribution in [0.3, 0.4) is 0 Å². The number of hydrogen-bond donors (Lipinski definition) is 0. The Bertz CT molecular complexity index is 789. The largest absolute Gasteiger partial charge is 0.369 e. The zero-order valence-corrected chi connectivity index (χ0v) is 14.7. The predicted molar refractivity (Wildman–Crippen MR) is 90.3 cm³/mol. The molecule has 6 nitrogen and oxygen atoms in total. The normalized spacial score (nSPS) is 19.3. The number of morpholine rings is 1. The molecule has 0 spiro atoms. The minimum atomic E-state index is -3.15. The summed E-state index contributed by atoms with van der Waals surface area (Å²) in [6, 6.07) is 7.06. The summed E-state index contributed by atoms with van der Waals surface area (Å²) in [6.45, 7) is 4.88. The molecule has 1 aliphatic heterocycles. The average Bonchev–Trinajstić information content (AvgIpc) is 2.55. The Hall–Kier alpha value is -1.83. The van der Waals surface area contributed by atoms with Crippen molar-refractivity contribution in [1.82, 2.24) is 14.9 Å². The zero-order chi connectivity index (χ0) is 17.2. The van der Waals surface area contributed by atoms with Gasteiger partial charge in [0, 0.05) is 32.1 Å². The smallest absolute Gasteiger partial charge is 0.175 e. The van der Waals surface area contributed by atoms with E-state index in [1.54, 1.807) is 24.5 Å². The summed E-state index contributed by atoms with van der Waals surface area (Å²) in [5.41, 5.74) is 2.81. The Labute approximate surface area is 142 Å². The molecule has 24 heavy (non-hydrogen) atoms. The van der Waals surface area contributed by atoms with Crippen molar-refractivity contribution in [2.45, 2.75) is 24.5 Å². The molecule has 2 aromatic rings. The highest BCUT2D eigenvalue weighted by atomic mass is 32.2. The van der Waals surface area contributed by atoms with Crippen LogP contribution in [0, 0.1) is 6.92 Å². The van der Waals surface area contributed by atoms with Crippen molar-refractivity contribution in [1.29, 1.82) is 0 Å². The summed E-state index contributed by atoms with van der Waals surface area (Å²) in [5.74, 6) is 0. The van der Waals surface area contributed by atoms with Crippen LogP contribution in [-0.4, -0.2) is 49.2 Å². The molecule has 1 aromatic carbocycles. The number of aromatic nitrogens is 2. The zero-order valence-electron chi connectivity index (χ0n) is 13.8. The van der Waals surface area contributed by atoms with E-state index in [0.29, 0.717) is 11.5 Å². The number of benzene rings is 1. The van der Waals surface area contributed by atoms with Crippen molar-refractivity contribution in [2.24, 2.45) is 0 Å². The average molecular weight is 347 g/mol. The second-order valence-electron chi connectivity index (χ2n) is 6.09. The fourth-order valence-electron chi connectivity index (χ4n) is 2.69. The molecule has 0 N–H and O–H groups in total. The summed E-state index contributed by atoms with van der Waals surface area (Å²) < 4.78 is 28.8. The second kappa shape index (κ2) is 6.96. The maximum atomic E-state index is 11.5. The van der Waals surface area contributed by atoms with Gasteiger partial charge in [0.1, 0.15) is 6.10 Å². The lowest BCUT2D eigenvalue weighted by atomic mass is 10.1. The van der Waals surface area contributed by atoms with E-state index >= 15 is 0 Å². The van der Waals surface area contributed by atoms with Crippen LogP contribution in [0.25, 0.3) is 0 Å². The highest BCUT2D eigenvalue weighted by molar-refractivity contribution is 7.90. The number of rotatable bonds is 4. The lowest BCUT2D eigenvalue weighted by molar-refractivity contribution is -0.0351. The van der Waals surface area contributed by atoms with Crippen LogP contribution in [0.2, 0.25) is 0 Å². The van der Waals surface area contributed by atoms with E-state index in [0.717, 1.165) is 36.6 Å². The van der Waals surface area contributed by atoms with Crippen molar-refractivity contribution < 1.29 is 13.2 Å². The minimum Gasteiger partial charge on any atom is -0.369 e. The molecule has 3 rings (SSSR count).